The molecule has 6 nitrogen and oxygen atoms in total. The second kappa shape index (κ2) is 15.7. The Bertz CT molecular complexity index is 3270. The molecule has 3 heterocycles. The lowest BCUT2D eigenvalue weighted by Crippen LogP contribution is -2.03. The van der Waals surface area contributed by atoms with Crippen molar-refractivity contribution < 1.29 is 0 Å². The molecule has 0 amide bonds. The third kappa shape index (κ3) is 6.89. The number of nitrogens with zero attached hydrogens (tertiary/aromatic N) is 6. The minimum atomic E-state index is 0.565. The maximum absolute atomic E-state index is 5.39. The van der Waals surface area contributed by atoms with Gasteiger partial charge in [-0.2, -0.15) is 0 Å². The molecule has 0 unspecified atom stereocenters. The second-order valence-corrected chi connectivity index (χ2v) is 15.4. The number of aromatic nitrogens is 6. The molecule has 0 bridgehead atoms. The summed E-state index contributed by atoms with van der Waals surface area (Å²) >= 11 is 0. The molecule has 0 saturated carbocycles. The van der Waals surface area contributed by atoms with Gasteiger partial charge in [-0.05, 0) is 54.4 Å². The molecule has 0 fully saturated rings. The Morgan fingerprint density at radius 1 is 0.306 bits per heavy atom. The summed E-state index contributed by atoms with van der Waals surface area (Å²) in [6.07, 6.45) is 0. The highest BCUT2D eigenvalue weighted by molar-refractivity contribution is 6.10. The van der Waals surface area contributed by atoms with Gasteiger partial charge in [0, 0.05) is 44.2 Å². The van der Waals surface area contributed by atoms with Crippen LogP contribution < -0.4 is 0 Å². The van der Waals surface area contributed by atoms with Gasteiger partial charge in [0.1, 0.15) is 0 Å². The number of para-hydroxylation sites is 1. The summed E-state index contributed by atoms with van der Waals surface area (Å²) in [7, 11) is 0. The van der Waals surface area contributed by atoms with E-state index in [0.29, 0.717) is 23.3 Å². The van der Waals surface area contributed by atoms with Gasteiger partial charge in [0.2, 0.25) is 0 Å². The zero-order valence-electron chi connectivity index (χ0n) is 33.9. The van der Waals surface area contributed by atoms with Crippen molar-refractivity contribution in [3.63, 3.8) is 0 Å². The first-order chi connectivity index (χ1) is 30.6. The van der Waals surface area contributed by atoms with Crippen LogP contribution >= 0.6 is 0 Å². The van der Waals surface area contributed by atoms with Crippen LogP contribution in [0.2, 0.25) is 0 Å². The molecule has 11 rings (SSSR count). The zero-order valence-corrected chi connectivity index (χ0v) is 33.9. The minimum Gasteiger partial charge on any atom is -0.309 e. The smallest absolute Gasteiger partial charge is 0.164 e. The molecule has 0 radical (unpaired) electrons. The van der Waals surface area contributed by atoms with E-state index in [4.69, 9.17) is 24.9 Å². The van der Waals surface area contributed by atoms with Gasteiger partial charge >= 0.3 is 0 Å². The van der Waals surface area contributed by atoms with Crippen molar-refractivity contribution in [3.05, 3.63) is 218 Å². The first-order valence-corrected chi connectivity index (χ1v) is 20.8. The number of hydrogen-bond donors (Lipinski definition) is 0. The fourth-order valence-electron chi connectivity index (χ4n) is 8.23. The van der Waals surface area contributed by atoms with Gasteiger partial charge in [-0.25, -0.2) is 24.9 Å². The predicted molar refractivity (Wildman–Crippen MR) is 253 cm³/mol. The third-order valence-electron chi connectivity index (χ3n) is 11.4. The quantitative estimate of drug-likeness (QED) is 0.153. The van der Waals surface area contributed by atoms with Gasteiger partial charge in [-0.1, -0.05) is 181 Å². The SMILES string of the molecule is Cc1ccc(-c2ccc3c4ccccc4n(-c4ccc(-c5nc(-c6ccccc6)nc(-c6ccccc6)n5)cc4-c4cc(-c5ccccc5)nc(-c5ccccc5)n4)c3c2)cc1. The Balaban J connectivity index is 1.21. The monoisotopic (exact) mass is 794 g/mol. The highest BCUT2D eigenvalue weighted by atomic mass is 15.0. The maximum Gasteiger partial charge on any atom is 0.164 e. The Morgan fingerprint density at radius 3 is 1.39 bits per heavy atom. The number of aryl methyl sites for hydroxylation is 1. The van der Waals surface area contributed by atoms with Crippen LogP contribution in [0.3, 0.4) is 0 Å². The molecule has 3 aromatic heterocycles. The van der Waals surface area contributed by atoms with E-state index < -0.39 is 0 Å². The zero-order chi connectivity index (χ0) is 41.4. The molecule has 0 atom stereocenters. The minimum absolute atomic E-state index is 0.565. The Hall–Kier alpha value is -8.35. The van der Waals surface area contributed by atoms with Gasteiger partial charge in [-0.3, -0.25) is 0 Å². The number of hydrogen-bond acceptors (Lipinski definition) is 5. The van der Waals surface area contributed by atoms with Gasteiger partial charge in [0.05, 0.1) is 28.1 Å². The van der Waals surface area contributed by atoms with Crippen LogP contribution in [0.5, 0.6) is 0 Å². The normalized spacial score (nSPS) is 11.3. The van der Waals surface area contributed by atoms with Crippen molar-refractivity contribution in [1.29, 1.82) is 0 Å². The predicted octanol–water partition coefficient (Wildman–Crippen LogP) is 13.7. The van der Waals surface area contributed by atoms with Crippen molar-refractivity contribution in [1.82, 2.24) is 29.5 Å². The van der Waals surface area contributed by atoms with Crippen LogP contribution in [0.15, 0.2) is 212 Å². The highest BCUT2D eigenvalue weighted by Gasteiger charge is 2.21. The van der Waals surface area contributed by atoms with Gasteiger partial charge < -0.3 is 4.57 Å². The highest BCUT2D eigenvalue weighted by Crippen LogP contribution is 2.40. The molecule has 62 heavy (non-hydrogen) atoms. The lowest BCUT2D eigenvalue weighted by molar-refractivity contribution is 1.07. The molecule has 8 aromatic carbocycles. The lowest BCUT2D eigenvalue weighted by Gasteiger charge is -2.17. The molecule has 0 N–H and O–H groups in total. The Morgan fingerprint density at radius 2 is 0.774 bits per heavy atom. The molecule has 292 valence electrons. The van der Waals surface area contributed by atoms with Crippen LogP contribution in [-0.4, -0.2) is 29.5 Å². The van der Waals surface area contributed by atoms with Crippen LogP contribution in [0.4, 0.5) is 0 Å². The number of benzene rings is 8. The van der Waals surface area contributed by atoms with Crippen molar-refractivity contribution in [3.8, 4) is 84.9 Å². The molecule has 0 spiro atoms. The fourth-order valence-corrected chi connectivity index (χ4v) is 8.23. The van der Waals surface area contributed by atoms with E-state index in [2.05, 4.69) is 127 Å². The van der Waals surface area contributed by atoms with Crippen molar-refractivity contribution in [2.75, 3.05) is 0 Å². The molecular formula is C56H38N6. The first kappa shape index (κ1) is 36.7. The van der Waals surface area contributed by atoms with Crippen LogP contribution in [0.1, 0.15) is 5.56 Å². The summed E-state index contributed by atoms with van der Waals surface area (Å²) < 4.78 is 2.38. The van der Waals surface area contributed by atoms with E-state index in [1.165, 1.54) is 21.9 Å². The molecule has 11 aromatic rings. The maximum atomic E-state index is 5.39. The largest absolute Gasteiger partial charge is 0.309 e. The molecule has 0 aliphatic heterocycles. The average molecular weight is 795 g/mol. The summed E-state index contributed by atoms with van der Waals surface area (Å²) in [6, 6.07) is 73.4. The topological polar surface area (TPSA) is 69.4 Å². The summed E-state index contributed by atoms with van der Waals surface area (Å²) in [5.41, 5.74) is 13.8. The van der Waals surface area contributed by atoms with Gasteiger partial charge in [-0.15, -0.1) is 0 Å². The van der Waals surface area contributed by atoms with Crippen molar-refractivity contribution >= 4 is 21.8 Å². The van der Waals surface area contributed by atoms with E-state index in [1.54, 1.807) is 0 Å². The summed E-state index contributed by atoms with van der Waals surface area (Å²) in [5.74, 6) is 2.41. The van der Waals surface area contributed by atoms with Crippen molar-refractivity contribution in [2.24, 2.45) is 0 Å². The number of fused-ring (bicyclic) bond motifs is 3. The van der Waals surface area contributed by atoms with Gasteiger partial charge in [0.15, 0.2) is 23.3 Å². The number of rotatable bonds is 8. The standard InChI is InChI=1S/C56H38N6/c1-37-26-28-38(29-27-37)43-30-32-46-45-24-14-15-25-50(45)62(52(46)35-43)51-33-31-44(56-60-54(41-20-10-4-11-21-41)59-55(61-56)42-22-12-5-13-23-42)34-47(51)49-36-48(39-16-6-2-7-17-39)57-53(58-49)40-18-8-3-9-19-40/h2-36H,1H3. The Kier molecular flexibility index (Phi) is 9.28. The van der Waals surface area contributed by atoms with Crippen LogP contribution in [-0.2, 0) is 0 Å². The van der Waals surface area contributed by atoms with E-state index >= 15 is 0 Å². The molecule has 0 saturated heterocycles. The second-order valence-electron chi connectivity index (χ2n) is 15.4. The van der Waals surface area contributed by atoms with E-state index in [-0.39, 0.29) is 0 Å². The summed E-state index contributed by atoms with van der Waals surface area (Å²) in [6.45, 7) is 2.12. The Labute approximate surface area is 359 Å². The van der Waals surface area contributed by atoms with E-state index in [9.17, 15) is 0 Å². The molecule has 6 heteroatoms. The average Bonchev–Trinajstić information content (AvgIpc) is 3.68. The molecule has 0 aliphatic carbocycles. The van der Waals surface area contributed by atoms with Crippen LogP contribution in [0, 0.1) is 6.92 Å². The summed E-state index contributed by atoms with van der Waals surface area (Å²) in [4.78, 5) is 25.8. The fraction of sp³-hybridized carbons (Fsp3) is 0.0179. The molecule has 0 aliphatic rings. The summed E-state index contributed by atoms with van der Waals surface area (Å²) in [5, 5.41) is 2.34. The van der Waals surface area contributed by atoms with E-state index in [0.717, 1.165) is 67.1 Å². The molecular weight excluding hydrogens is 757 g/mol. The van der Waals surface area contributed by atoms with Crippen LogP contribution in [0.25, 0.3) is 107 Å². The van der Waals surface area contributed by atoms with Gasteiger partial charge in [0.25, 0.3) is 0 Å². The van der Waals surface area contributed by atoms with Crippen molar-refractivity contribution in [2.45, 2.75) is 6.92 Å². The third-order valence-corrected chi connectivity index (χ3v) is 11.4. The van der Waals surface area contributed by atoms with E-state index in [1.807, 2.05) is 97.1 Å². The lowest BCUT2D eigenvalue weighted by atomic mass is 10.0. The first-order valence-electron chi connectivity index (χ1n) is 20.8.